The van der Waals surface area contributed by atoms with Gasteiger partial charge in [0.05, 0.1) is 6.54 Å². The van der Waals surface area contributed by atoms with Crippen LogP contribution in [0.25, 0.3) is 0 Å². The number of hydrogen-bond acceptors (Lipinski definition) is 4. The molecule has 0 radical (unpaired) electrons. The largest absolute Gasteiger partial charge is 0.399 e. The molecule has 1 amide bonds. The van der Waals surface area contributed by atoms with Gasteiger partial charge >= 0.3 is 0 Å². The highest BCUT2D eigenvalue weighted by molar-refractivity contribution is 5.92. The van der Waals surface area contributed by atoms with Gasteiger partial charge in [-0.1, -0.05) is 0 Å². The van der Waals surface area contributed by atoms with Gasteiger partial charge in [0.15, 0.2) is 0 Å². The average molecular weight is 276 g/mol. The van der Waals surface area contributed by atoms with Crippen LogP contribution in [0.15, 0.2) is 24.3 Å². The number of nitrogens with two attached hydrogens (primary N) is 1. The highest BCUT2D eigenvalue weighted by Gasteiger charge is 2.20. The first kappa shape index (κ1) is 14.8. The molecule has 1 aromatic rings. The third-order valence-corrected chi connectivity index (χ3v) is 3.70. The minimum absolute atomic E-state index is 0.0350. The predicted molar refractivity (Wildman–Crippen MR) is 82.6 cm³/mol. The predicted octanol–water partition coefficient (Wildman–Crippen LogP) is 1.23. The zero-order valence-corrected chi connectivity index (χ0v) is 12.3. The van der Waals surface area contributed by atoms with Crippen LogP contribution < -0.4 is 11.1 Å². The maximum atomic E-state index is 12.0. The van der Waals surface area contributed by atoms with E-state index in [2.05, 4.69) is 29.0 Å². The number of nitrogen functional groups attached to an aromatic ring is 1. The highest BCUT2D eigenvalue weighted by atomic mass is 16.2. The van der Waals surface area contributed by atoms with E-state index >= 15 is 0 Å². The van der Waals surface area contributed by atoms with Gasteiger partial charge in [0.25, 0.3) is 0 Å². The number of carbonyl (C=O) groups is 1. The summed E-state index contributed by atoms with van der Waals surface area (Å²) in [5.41, 5.74) is 7.12. The summed E-state index contributed by atoms with van der Waals surface area (Å²) in [6.07, 6.45) is 0. The number of hydrogen-bond donors (Lipinski definition) is 2. The van der Waals surface area contributed by atoms with Gasteiger partial charge in [-0.05, 0) is 38.1 Å². The van der Waals surface area contributed by atoms with Gasteiger partial charge in [-0.25, -0.2) is 0 Å². The quantitative estimate of drug-likeness (QED) is 0.812. The van der Waals surface area contributed by atoms with Crippen LogP contribution in [-0.4, -0.2) is 54.5 Å². The maximum absolute atomic E-state index is 12.0. The molecule has 1 aromatic carbocycles. The summed E-state index contributed by atoms with van der Waals surface area (Å²) in [4.78, 5) is 16.6. The number of carbonyl (C=O) groups excluding carboxylic acids is 1. The van der Waals surface area contributed by atoms with Gasteiger partial charge in [0.2, 0.25) is 5.91 Å². The van der Waals surface area contributed by atoms with E-state index in [0.29, 0.717) is 18.3 Å². The van der Waals surface area contributed by atoms with Crippen molar-refractivity contribution in [3.63, 3.8) is 0 Å². The fourth-order valence-electron chi connectivity index (χ4n) is 2.41. The molecule has 1 fully saturated rings. The number of benzene rings is 1. The van der Waals surface area contributed by atoms with Crippen molar-refractivity contribution in [3.05, 3.63) is 24.3 Å². The van der Waals surface area contributed by atoms with Gasteiger partial charge < -0.3 is 11.1 Å². The van der Waals surface area contributed by atoms with E-state index in [4.69, 9.17) is 5.73 Å². The molecule has 110 valence electrons. The van der Waals surface area contributed by atoms with Crippen molar-refractivity contribution in [2.75, 3.05) is 43.8 Å². The molecule has 0 aliphatic carbocycles. The molecule has 5 nitrogen and oxygen atoms in total. The summed E-state index contributed by atoms with van der Waals surface area (Å²) >= 11 is 0. The standard InChI is InChI=1S/C15H24N4O/c1-12(2)19-9-7-18(8-10-19)11-15(20)17-14-5-3-13(16)4-6-14/h3-6,12H,7-11,16H2,1-2H3,(H,17,20). The Morgan fingerprint density at radius 1 is 1.20 bits per heavy atom. The molecular formula is C15H24N4O. The lowest BCUT2D eigenvalue weighted by Crippen LogP contribution is -2.50. The van der Waals surface area contributed by atoms with Crippen molar-refractivity contribution in [1.29, 1.82) is 0 Å². The maximum Gasteiger partial charge on any atom is 0.238 e. The first-order valence-electron chi connectivity index (χ1n) is 7.16. The van der Waals surface area contributed by atoms with Crippen molar-refractivity contribution >= 4 is 17.3 Å². The second kappa shape index (κ2) is 6.72. The minimum Gasteiger partial charge on any atom is -0.399 e. The molecular weight excluding hydrogens is 252 g/mol. The van der Waals surface area contributed by atoms with E-state index in [0.717, 1.165) is 31.9 Å². The van der Waals surface area contributed by atoms with Crippen LogP contribution in [0, 0.1) is 0 Å². The van der Waals surface area contributed by atoms with Crippen LogP contribution in [-0.2, 0) is 4.79 Å². The van der Waals surface area contributed by atoms with Crippen LogP contribution in [0.3, 0.4) is 0 Å². The lowest BCUT2D eigenvalue weighted by molar-refractivity contribution is -0.117. The lowest BCUT2D eigenvalue weighted by atomic mass is 10.2. The lowest BCUT2D eigenvalue weighted by Gasteiger charge is -2.36. The number of piperazine rings is 1. The Morgan fingerprint density at radius 3 is 2.35 bits per heavy atom. The molecule has 20 heavy (non-hydrogen) atoms. The van der Waals surface area contributed by atoms with Gasteiger partial charge in [0.1, 0.15) is 0 Å². The monoisotopic (exact) mass is 276 g/mol. The number of nitrogens with one attached hydrogen (secondary N) is 1. The summed E-state index contributed by atoms with van der Waals surface area (Å²) < 4.78 is 0. The molecule has 1 saturated heterocycles. The van der Waals surface area contributed by atoms with Gasteiger partial charge in [-0.2, -0.15) is 0 Å². The van der Waals surface area contributed by atoms with Crippen LogP contribution in [0.5, 0.6) is 0 Å². The minimum atomic E-state index is 0.0350. The van der Waals surface area contributed by atoms with Gasteiger partial charge in [-0.3, -0.25) is 14.6 Å². The summed E-state index contributed by atoms with van der Waals surface area (Å²) in [6.45, 7) is 8.85. The van der Waals surface area contributed by atoms with E-state index < -0.39 is 0 Å². The Balaban J connectivity index is 1.77. The van der Waals surface area contributed by atoms with E-state index in [1.807, 2.05) is 12.1 Å². The Morgan fingerprint density at radius 2 is 1.80 bits per heavy atom. The highest BCUT2D eigenvalue weighted by Crippen LogP contribution is 2.11. The summed E-state index contributed by atoms with van der Waals surface area (Å²) in [7, 11) is 0. The molecule has 0 unspecified atom stereocenters. The molecule has 5 heteroatoms. The zero-order chi connectivity index (χ0) is 14.5. The average Bonchev–Trinajstić information content (AvgIpc) is 2.42. The molecule has 0 spiro atoms. The molecule has 1 aliphatic heterocycles. The molecule has 2 rings (SSSR count). The Bertz CT molecular complexity index is 436. The Hall–Kier alpha value is -1.59. The normalized spacial score (nSPS) is 17.4. The van der Waals surface area contributed by atoms with Crippen molar-refractivity contribution in [3.8, 4) is 0 Å². The number of amides is 1. The molecule has 1 aliphatic rings. The molecule has 0 atom stereocenters. The number of nitrogens with zero attached hydrogens (tertiary/aromatic N) is 2. The number of rotatable bonds is 4. The summed E-state index contributed by atoms with van der Waals surface area (Å²) in [6, 6.07) is 7.81. The summed E-state index contributed by atoms with van der Waals surface area (Å²) in [5, 5.41) is 2.90. The van der Waals surface area contributed by atoms with Crippen molar-refractivity contribution in [1.82, 2.24) is 9.80 Å². The third-order valence-electron chi connectivity index (χ3n) is 3.70. The van der Waals surface area contributed by atoms with Crippen LogP contribution in [0.2, 0.25) is 0 Å². The Labute approximate surface area is 120 Å². The smallest absolute Gasteiger partial charge is 0.238 e. The van der Waals surface area contributed by atoms with E-state index in [-0.39, 0.29) is 5.91 Å². The fourth-order valence-corrected chi connectivity index (χ4v) is 2.41. The summed E-state index contributed by atoms with van der Waals surface area (Å²) in [5.74, 6) is 0.0350. The van der Waals surface area contributed by atoms with Crippen LogP contribution in [0.1, 0.15) is 13.8 Å². The van der Waals surface area contributed by atoms with Gasteiger partial charge in [0, 0.05) is 43.6 Å². The van der Waals surface area contributed by atoms with Crippen LogP contribution >= 0.6 is 0 Å². The molecule has 0 saturated carbocycles. The molecule has 3 N–H and O–H groups in total. The van der Waals surface area contributed by atoms with Crippen molar-refractivity contribution in [2.24, 2.45) is 0 Å². The van der Waals surface area contributed by atoms with Crippen molar-refractivity contribution in [2.45, 2.75) is 19.9 Å². The van der Waals surface area contributed by atoms with Crippen LogP contribution in [0.4, 0.5) is 11.4 Å². The van der Waals surface area contributed by atoms with E-state index in [1.165, 1.54) is 0 Å². The van der Waals surface area contributed by atoms with Crippen molar-refractivity contribution < 1.29 is 4.79 Å². The van der Waals surface area contributed by atoms with E-state index in [9.17, 15) is 4.79 Å². The number of anilines is 2. The SMILES string of the molecule is CC(C)N1CCN(CC(=O)Nc2ccc(N)cc2)CC1. The first-order chi connectivity index (χ1) is 9.54. The first-order valence-corrected chi connectivity index (χ1v) is 7.16. The second-order valence-corrected chi connectivity index (χ2v) is 5.58. The third kappa shape index (κ3) is 4.21. The second-order valence-electron chi connectivity index (χ2n) is 5.58. The molecule has 0 aromatic heterocycles. The Kier molecular flexibility index (Phi) is 4.98. The van der Waals surface area contributed by atoms with Gasteiger partial charge in [-0.15, -0.1) is 0 Å². The van der Waals surface area contributed by atoms with E-state index in [1.54, 1.807) is 12.1 Å². The topological polar surface area (TPSA) is 61.6 Å². The fraction of sp³-hybridized carbons (Fsp3) is 0.533. The zero-order valence-electron chi connectivity index (χ0n) is 12.3. The molecule has 0 bridgehead atoms. The molecule has 1 heterocycles.